The summed E-state index contributed by atoms with van der Waals surface area (Å²) < 4.78 is 32.6. The maximum atomic E-state index is 13.0. The molecule has 2 aromatic rings. The van der Waals surface area contributed by atoms with Crippen molar-refractivity contribution < 1.29 is 22.7 Å². The number of carbonyl (C=O) groups is 2. The summed E-state index contributed by atoms with van der Waals surface area (Å²) in [5.41, 5.74) is 2.32. The van der Waals surface area contributed by atoms with Crippen LogP contribution in [0.15, 0.2) is 47.4 Å². The van der Waals surface area contributed by atoms with Crippen LogP contribution in [0.3, 0.4) is 0 Å². The molecule has 0 aromatic heterocycles. The summed E-state index contributed by atoms with van der Waals surface area (Å²) in [7, 11) is -3.68. The highest BCUT2D eigenvalue weighted by Gasteiger charge is 2.28. The largest absolute Gasteiger partial charge is 0.452 e. The summed E-state index contributed by atoms with van der Waals surface area (Å²) in [5, 5.41) is 2.74. The first-order valence-corrected chi connectivity index (χ1v) is 11.9. The molecule has 1 saturated heterocycles. The molecule has 1 amide bonds. The lowest BCUT2D eigenvalue weighted by molar-refractivity contribution is -0.119. The summed E-state index contributed by atoms with van der Waals surface area (Å²) in [6, 6.07) is 11.8. The van der Waals surface area contributed by atoms with Crippen LogP contribution < -0.4 is 5.32 Å². The molecule has 3 rings (SSSR count). The van der Waals surface area contributed by atoms with Crippen molar-refractivity contribution in [3.63, 3.8) is 0 Å². The minimum absolute atomic E-state index is 0.0999. The van der Waals surface area contributed by atoms with Gasteiger partial charge in [-0.1, -0.05) is 37.6 Å². The number of rotatable bonds is 7. The minimum atomic E-state index is -3.68. The molecule has 0 atom stereocenters. The zero-order chi connectivity index (χ0) is 22.4. The molecule has 166 valence electrons. The van der Waals surface area contributed by atoms with Crippen LogP contribution in [0.5, 0.6) is 0 Å². The Morgan fingerprint density at radius 2 is 1.77 bits per heavy atom. The zero-order valence-electron chi connectivity index (χ0n) is 17.9. The van der Waals surface area contributed by atoms with Crippen molar-refractivity contribution in [1.29, 1.82) is 0 Å². The Morgan fingerprint density at radius 1 is 1.06 bits per heavy atom. The molecule has 1 fully saturated rings. The van der Waals surface area contributed by atoms with Gasteiger partial charge in [-0.3, -0.25) is 4.79 Å². The molecule has 0 unspecified atom stereocenters. The highest BCUT2D eigenvalue weighted by Crippen LogP contribution is 2.24. The average molecular weight is 445 g/mol. The number of nitrogens with zero attached hydrogens (tertiary/aromatic N) is 1. The molecule has 31 heavy (non-hydrogen) atoms. The van der Waals surface area contributed by atoms with E-state index in [9.17, 15) is 18.0 Å². The average Bonchev–Trinajstić information content (AvgIpc) is 2.78. The van der Waals surface area contributed by atoms with Crippen LogP contribution in [0.2, 0.25) is 0 Å². The molecule has 1 heterocycles. The third-order valence-electron chi connectivity index (χ3n) is 5.36. The topological polar surface area (TPSA) is 92.8 Å². The first-order chi connectivity index (χ1) is 14.8. The van der Waals surface area contributed by atoms with Gasteiger partial charge in [0.15, 0.2) is 6.61 Å². The van der Waals surface area contributed by atoms with E-state index in [0.717, 1.165) is 31.2 Å². The fourth-order valence-corrected chi connectivity index (χ4v) is 5.37. The molecular weight excluding hydrogens is 416 g/mol. The number of esters is 1. The number of para-hydroxylation sites is 1. The van der Waals surface area contributed by atoms with Crippen LogP contribution in [0.1, 0.15) is 47.7 Å². The smallest absolute Gasteiger partial charge is 0.338 e. The van der Waals surface area contributed by atoms with Gasteiger partial charge in [-0.25, -0.2) is 13.2 Å². The molecule has 1 aliphatic heterocycles. The Hall–Kier alpha value is -2.71. The lowest BCUT2D eigenvalue weighted by atomic mass is 10.1. The van der Waals surface area contributed by atoms with E-state index in [1.165, 1.54) is 16.4 Å². The van der Waals surface area contributed by atoms with Gasteiger partial charge in [0.05, 0.1) is 10.5 Å². The van der Waals surface area contributed by atoms with E-state index >= 15 is 0 Å². The van der Waals surface area contributed by atoms with Gasteiger partial charge in [0.1, 0.15) is 0 Å². The van der Waals surface area contributed by atoms with Gasteiger partial charge in [0.2, 0.25) is 10.0 Å². The monoisotopic (exact) mass is 444 g/mol. The SMILES string of the molecule is CCc1ccccc1NC(=O)COC(=O)c1ccc(C)c(S(=O)(=O)N2CCCCC2)c1. The fraction of sp³-hybridized carbons (Fsp3) is 0.391. The molecule has 0 radical (unpaired) electrons. The highest BCUT2D eigenvalue weighted by molar-refractivity contribution is 7.89. The molecule has 0 saturated carbocycles. The lowest BCUT2D eigenvalue weighted by Crippen LogP contribution is -2.36. The van der Waals surface area contributed by atoms with E-state index < -0.39 is 28.5 Å². The summed E-state index contributed by atoms with van der Waals surface area (Å²) >= 11 is 0. The minimum Gasteiger partial charge on any atom is -0.452 e. The van der Waals surface area contributed by atoms with Gasteiger partial charge in [-0.05, 0) is 55.5 Å². The number of anilines is 1. The number of hydrogen-bond acceptors (Lipinski definition) is 5. The van der Waals surface area contributed by atoms with Crippen molar-refractivity contribution in [2.75, 3.05) is 25.0 Å². The second kappa shape index (κ2) is 10.1. The zero-order valence-corrected chi connectivity index (χ0v) is 18.7. The van der Waals surface area contributed by atoms with E-state index in [1.54, 1.807) is 19.1 Å². The Kier molecular flexibility index (Phi) is 7.46. The molecule has 0 spiro atoms. The van der Waals surface area contributed by atoms with Gasteiger partial charge >= 0.3 is 5.97 Å². The van der Waals surface area contributed by atoms with Crippen molar-refractivity contribution in [2.45, 2.75) is 44.4 Å². The van der Waals surface area contributed by atoms with Crippen molar-refractivity contribution in [3.05, 3.63) is 59.2 Å². The summed E-state index contributed by atoms with van der Waals surface area (Å²) in [6.45, 7) is 4.19. The number of aryl methyl sites for hydroxylation is 2. The summed E-state index contributed by atoms with van der Waals surface area (Å²) in [5.74, 6) is -1.20. The number of piperidine rings is 1. The van der Waals surface area contributed by atoms with Crippen molar-refractivity contribution in [3.8, 4) is 0 Å². The Morgan fingerprint density at radius 3 is 2.48 bits per heavy atom. The second-order valence-corrected chi connectivity index (χ2v) is 9.49. The standard InChI is InChI=1S/C23H28N2O5S/c1-3-18-9-5-6-10-20(18)24-22(26)16-30-23(27)19-12-11-17(2)21(15-19)31(28,29)25-13-7-4-8-14-25/h5-6,9-12,15H,3-4,7-8,13-14,16H2,1-2H3,(H,24,26). The van der Waals surface area contributed by atoms with E-state index in [0.29, 0.717) is 24.3 Å². The number of carbonyl (C=O) groups excluding carboxylic acids is 2. The van der Waals surface area contributed by atoms with Crippen LogP contribution >= 0.6 is 0 Å². The van der Waals surface area contributed by atoms with Gasteiger partial charge in [-0.15, -0.1) is 0 Å². The van der Waals surface area contributed by atoms with Gasteiger partial charge < -0.3 is 10.1 Å². The molecule has 8 heteroatoms. The molecular formula is C23H28N2O5S. The number of amides is 1. The molecule has 2 aromatic carbocycles. The number of hydrogen-bond donors (Lipinski definition) is 1. The van der Waals surface area contributed by atoms with Crippen LogP contribution in [0, 0.1) is 6.92 Å². The third-order valence-corrected chi connectivity index (χ3v) is 7.40. The van der Waals surface area contributed by atoms with Crippen molar-refractivity contribution in [2.24, 2.45) is 0 Å². The summed E-state index contributed by atoms with van der Waals surface area (Å²) in [4.78, 5) is 24.8. The highest BCUT2D eigenvalue weighted by atomic mass is 32.2. The first-order valence-electron chi connectivity index (χ1n) is 10.5. The van der Waals surface area contributed by atoms with Crippen LogP contribution in [-0.4, -0.2) is 44.3 Å². The van der Waals surface area contributed by atoms with Crippen molar-refractivity contribution in [1.82, 2.24) is 4.31 Å². The predicted octanol–water partition coefficient (Wildman–Crippen LogP) is 3.53. The number of nitrogens with one attached hydrogen (secondary N) is 1. The van der Waals surface area contributed by atoms with Crippen LogP contribution in [-0.2, 0) is 26.0 Å². The molecule has 0 aliphatic carbocycles. The van der Waals surface area contributed by atoms with Crippen molar-refractivity contribution >= 4 is 27.6 Å². The maximum absolute atomic E-state index is 13.0. The Bertz CT molecular complexity index is 1060. The Balaban J connectivity index is 1.68. The molecule has 1 N–H and O–H groups in total. The van der Waals surface area contributed by atoms with Crippen LogP contribution in [0.25, 0.3) is 0 Å². The fourth-order valence-electron chi connectivity index (χ4n) is 3.60. The van der Waals surface area contributed by atoms with E-state index in [-0.39, 0.29) is 10.5 Å². The first kappa shape index (κ1) is 23.0. The van der Waals surface area contributed by atoms with Crippen LogP contribution in [0.4, 0.5) is 5.69 Å². The Labute approximate surface area is 183 Å². The maximum Gasteiger partial charge on any atom is 0.338 e. The van der Waals surface area contributed by atoms with E-state index in [1.807, 2.05) is 25.1 Å². The quantitative estimate of drug-likeness (QED) is 0.660. The normalized spacial score (nSPS) is 14.8. The molecule has 7 nitrogen and oxygen atoms in total. The molecule has 0 bridgehead atoms. The summed E-state index contributed by atoms with van der Waals surface area (Å²) in [6.07, 6.45) is 3.43. The predicted molar refractivity (Wildman–Crippen MR) is 119 cm³/mol. The molecule has 1 aliphatic rings. The van der Waals surface area contributed by atoms with Gasteiger partial charge in [0.25, 0.3) is 5.91 Å². The number of benzene rings is 2. The van der Waals surface area contributed by atoms with E-state index in [4.69, 9.17) is 4.74 Å². The van der Waals surface area contributed by atoms with Gasteiger partial charge in [0, 0.05) is 18.8 Å². The number of ether oxygens (including phenoxy) is 1. The lowest BCUT2D eigenvalue weighted by Gasteiger charge is -2.26. The second-order valence-electron chi connectivity index (χ2n) is 7.58. The number of sulfonamides is 1. The van der Waals surface area contributed by atoms with E-state index in [2.05, 4.69) is 5.32 Å². The third kappa shape index (κ3) is 5.51. The van der Waals surface area contributed by atoms with Gasteiger partial charge in [-0.2, -0.15) is 4.31 Å².